The van der Waals surface area contributed by atoms with E-state index < -0.39 is 30.7 Å². The second-order valence-corrected chi connectivity index (χ2v) is 3.16. The molecule has 0 aromatic rings. The fourth-order valence-corrected chi connectivity index (χ4v) is 1.38. The maximum Gasteiger partial charge on any atom is 0.186 e. The van der Waals surface area contributed by atoms with Gasteiger partial charge in [0.05, 0.1) is 12.6 Å². The fourth-order valence-electron chi connectivity index (χ4n) is 1.38. The van der Waals surface area contributed by atoms with Gasteiger partial charge in [-0.1, -0.05) is 5.11 Å². The molecule has 0 bridgehead atoms. The van der Waals surface area contributed by atoms with Gasteiger partial charge in [0.2, 0.25) is 0 Å². The lowest BCUT2D eigenvalue weighted by molar-refractivity contribution is -0.287. The Kier molecular flexibility index (Phi) is 4.28. The molecule has 8 heteroatoms. The van der Waals surface area contributed by atoms with Crippen molar-refractivity contribution in [3.8, 4) is 0 Å². The summed E-state index contributed by atoms with van der Waals surface area (Å²) in [7, 11) is 1.29. The summed E-state index contributed by atoms with van der Waals surface area (Å²) >= 11 is 0. The van der Waals surface area contributed by atoms with Gasteiger partial charge in [0, 0.05) is 12.0 Å². The maximum absolute atomic E-state index is 9.47. The lowest BCUT2D eigenvalue weighted by Crippen LogP contribution is -2.58. The second kappa shape index (κ2) is 5.26. The van der Waals surface area contributed by atoms with Crippen molar-refractivity contribution in [2.45, 2.75) is 30.7 Å². The van der Waals surface area contributed by atoms with Crippen LogP contribution < -0.4 is 0 Å². The summed E-state index contributed by atoms with van der Waals surface area (Å²) in [6, 6.07) is 0. The number of aliphatic hydroxyl groups is 3. The molecule has 1 rings (SSSR count). The number of hydrogen-bond acceptors (Lipinski definition) is 6. The van der Waals surface area contributed by atoms with Crippen LogP contribution in [0.2, 0.25) is 0 Å². The van der Waals surface area contributed by atoms with Gasteiger partial charge in [-0.2, -0.15) is 0 Å². The molecule has 1 heterocycles. The Morgan fingerprint density at radius 2 is 2.00 bits per heavy atom. The first kappa shape index (κ1) is 12.2. The van der Waals surface area contributed by atoms with Gasteiger partial charge >= 0.3 is 0 Å². The van der Waals surface area contributed by atoms with Crippen molar-refractivity contribution in [3.05, 3.63) is 10.4 Å². The lowest BCUT2D eigenvalue weighted by atomic mass is 9.99. The molecule has 0 spiro atoms. The maximum atomic E-state index is 9.47. The summed E-state index contributed by atoms with van der Waals surface area (Å²) in [5.41, 5.74) is 8.10. The number of rotatable bonds is 3. The summed E-state index contributed by atoms with van der Waals surface area (Å²) in [4.78, 5) is 2.51. The highest BCUT2D eigenvalue weighted by atomic mass is 16.7. The van der Waals surface area contributed by atoms with Gasteiger partial charge in [-0.05, 0) is 5.53 Å². The molecular weight excluding hydrogens is 206 g/mol. The first-order valence-corrected chi connectivity index (χ1v) is 4.35. The Hall–Kier alpha value is -0.890. The van der Waals surface area contributed by atoms with Gasteiger partial charge in [-0.3, -0.25) is 0 Å². The standard InChI is InChI=1S/C7H13N3O5/c1-14-7-6(13)5(12)4(11)3(15-7)2-9-10-8/h3-7,11-13H,2H2,1H3/t3-,4-,5+,6+,7+/m1/s1. The molecule has 0 saturated carbocycles. The molecule has 1 saturated heterocycles. The van der Waals surface area contributed by atoms with Crippen molar-refractivity contribution >= 4 is 0 Å². The van der Waals surface area contributed by atoms with E-state index in [4.69, 9.17) is 15.0 Å². The molecule has 1 aliphatic heterocycles. The summed E-state index contributed by atoms with van der Waals surface area (Å²) < 4.78 is 9.84. The molecule has 15 heavy (non-hydrogen) atoms. The molecule has 0 aliphatic carbocycles. The zero-order valence-corrected chi connectivity index (χ0v) is 8.09. The van der Waals surface area contributed by atoms with Gasteiger partial charge in [-0.25, -0.2) is 0 Å². The molecule has 0 radical (unpaired) electrons. The van der Waals surface area contributed by atoms with Crippen LogP contribution in [0.5, 0.6) is 0 Å². The first-order valence-electron chi connectivity index (χ1n) is 4.35. The van der Waals surface area contributed by atoms with Crippen LogP contribution in [0.3, 0.4) is 0 Å². The van der Waals surface area contributed by atoms with Gasteiger partial charge < -0.3 is 24.8 Å². The molecule has 3 N–H and O–H groups in total. The molecule has 0 aromatic carbocycles. The zero-order valence-electron chi connectivity index (χ0n) is 8.09. The quantitative estimate of drug-likeness (QED) is 0.310. The van der Waals surface area contributed by atoms with Crippen LogP contribution in [0, 0.1) is 0 Å². The van der Waals surface area contributed by atoms with E-state index in [9.17, 15) is 15.3 Å². The Labute approximate surface area is 85.7 Å². The predicted molar refractivity (Wildman–Crippen MR) is 47.7 cm³/mol. The highest BCUT2D eigenvalue weighted by Crippen LogP contribution is 2.21. The van der Waals surface area contributed by atoms with Gasteiger partial charge in [0.25, 0.3) is 0 Å². The Morgan fingerprint density at radius 1 is 1.33 bits per heavy atom. The predicted octanol–water partition coefficient (Wildman–Crippen LogP) is -1.25. The van der Waals surface area contributed by atoms with Gasteiger partial charge in [-0.15, -0.1) is 0 Å². The normalized spacial score (nSPS) is 40.9. The van der Waals surface area contributed by atoms with E-state index in [-0.39, 0.29) is 6.54 Å². The summed E-state index contributed by atoms with van der Waals surface area (Å²) in [6.45, 7) is -0.138. The van der Waals surface area contributed by atoms with E-state index in [0.717, 1.165) is 0 Å². The average Bonchev–Trinajstić information content (AvgIpc) is 2.25. The van der Waals surface area contributed by atoms with Crippen LogP contribution in [0.1, 0.15) is 0 Å². The van der Waals surface area contributed by atoms with Crippen molar-refractivity contribution in [2.24, 2.45) is 5.11 Å². The minimum atomic E-state index is -1.39. The Balaban J connectivity index is 2.69. The van der Waals surface area contributed by atoms with Crippen LogP contribution in [-0.4, -0.2) is 59.7 Å². The van der Waals surface area contributed by atoms with Crippen LogP contribution >= 0.6 is 0 Å². The van der Waals surface area contributed by atoms with Crippen LogP contribution in [0.4, 0.5) is 0 Å². The average molecular weight is 219 g/mol. The Morgan fingerprint density at radius 3 is 2.53 bits per heavy atom. The van der Waals surface area contributed by atoms with Crippen molar-refractivity contribution in [1.29, 1.82) is 0 Å². The molecule has 1 aliphatic rings. The smallest absolute Gasteiger partial charge is 0.186 e. The monoisotopic (exact) mass is 219 g/mol. The minimum Gasteiger partial charge on any atom is -0.388 e. The number of nitrogens with zero attached hydrogens (tertiary/aromatic N) is 3. The number of aliphatic hydroxyl groups excluding tert-OH is 3. The topological polar surface area (TPSA) is 128 Å². The third-order valence-electron chi connectivity index (χ3n) is 2.23. The van der Waals surface area contributed by atoms with Crippen LogP contribution in [-0.2, 0) is 9.47 Å². The number of methoxy groups -OCH3 is 1. The highest BCUT2D eigenvalue weighted by Gasteiger charge is 2.43. The molecule has 8 nitrogen and oxygen atoms in total. The van der Waals surface area contributed by atoms with E-state index >= 15 is 0 Å². The number of azide groups is 1. The largest absolute Gasteiger partial charge is 0.388 e. The third-order valence-corrected chi connectivity index (χ3v) is 2.23. The van der Waals surface area contributed by atoms with Gasteiger partial charge in [0.1, 0.15) is 18.3 Å². The molecule has 0 amide bonds. The first-order chi connectivity index (χ1) is 7.11. The SMILES string of the molecule is CO[C@H]1O[C@H](CN=[N+]=[N-])[C@@H](O)[C@H](O)[C@@H]1O. The number of ether oxygens (including phenoxy) is 2. The molecule has 0 aromatic heterocycles. The van der Waals surface area contributed by atoms with Crippen molar-refractivity contribution < 1.29 is 24.8 Å². The van der Waals surface area contributed by atoms with Gasteiger partial charge in [0.15, 0.2) is 6.29 Å². The molecule has 1 fully saturated rings. The van der Waals surface area contributed by atoms with Crippen molar-refractivity contribution in [1.82, 2.24) is 0 Å². The third kappa shape index (κ3) is 2.57. The van der Waals surface area contributed by atoms with Crippen molar-refractivity contribution in [2.75, 3.05) is 13.7 Å². The number of hydrogen-bond donors (Lipinski definition) is 3. The van der Waals surface area contributed by atoms with E-state index in [0.29, 0.717) is 0 Å². The Bertz CT molecular complexity index is 255. The second-order valence-electron chi connectivity index (χ2n) is 3.16. The van der Waals surface area contributed by atoms with Crippen molar-refractivity contribution in [3.63, 3.8) is 0 Å². The van der Waals surface area contributed by atoms with E-state index in [2.05, 4.69) is 10.0 Å². The summed E-state index contributed by atoms with van der Waals surface area (Å²) in [5, 5.41) is 31.5. The molecule has 5 atom stereocenters. The highest BCUT2D eigenvalue weighted by molar-refractivity contribution is 4.89. The zero-order chi connectivity index (χ0) is 11.4. The lowest BCUT2D eigenvalue weighted by Gasteiger charge is -2.39. The minimum absolute atomic E-state index is 0.138. The van der Waals surface area contributed by atoms with Crippen LogP contribution in [0.15, 0.2) is 5.11 Å². The molecule has 86 valence electrons. The van der Waals surface area contributed by atoms with E-state index in [1.165, 1.54) is 7.11 Å². The van der Waals surface area contributed by atoms with Crippen LogP contribution in [0.25, 0.3) is 10.4 Å². The molecular formula is C7H13N3O5. The summed E-state index contributed by atoms with van der Waals surface area (Å²) in [6.07, 6.45) is -5.95. The molecule has 0 unspecified atom stereocenters. The summed E-state index contributed by atoms with van der Waals surface area (Å²) in [5.74, 6) is 0. The van der Waals surface area contributed by atoms with E-state index in [1.54, 1.807) is 0 Å². The van der Waals surface area contributed by atoms with E-state index in [1.807, 2.05) is 0 Å². The fraction of sp³-hybridized carbons (Fsp3) is 1.00.